The maximum absolute atomic E-state index is 13.3. The molecule has 0 fully saturated rings. The van der Waals surface area contributed by atoms with Crippen LogP contribution in [0.4, 0.5) is 11.4 Å². The third-order valence-corrected chi connectivity index (χ3v) is 6.86. The summed E-state index contributed by atoms with van der Waals surface area (Å²) in [6.45, 7) is 1.42. The molecule has 8 heteroatoms. The fourth-order valence-electron chi connectivity index (χ4n) is 2.67. The Balaban J connectivity index is 1.96. The number of amides is 1. The Morgan fingerprint density at radius 2 is 1.76 bits per heavy atom. The molecule has 0 spiro atoms. The fourth-order valence-corrected chi connectivity index (χ4v) is 4.68. The summed E-state index contributed by atoms with van der Waals surface area (Å²) in [6.07, 6.45) is 0. The second-order valence-electron chi connectivity index (χ2n) is 6.32. The Labute approximate surface area is 183 Å². The number of carbonyl (C=O) groups is 1. The van der Waals surface area contributed by atoms with Gasteiger partial charge in [0, 0.05) is 15.2 Å². The average Bonchev–Trinajstić information content (AvgIpc) is 2.69. The van der Waals surface area contributed by atoms with Crippen molar-refractivity contribution in [2.75, 3.05) is 16.2 Å². The fraction of sp³-hybridized carbons (Fsp3) is 0.0952. The van der Waals surface area contributed by atoms with Crippen LogP contribution in [-0.2, 0) is 14.8 Å². The molecule has 0 saturated carbocycles. The van der Waals surface area contributed by atoms with Crippen molar-refractivity contribution in [3.8, 4) is 0 Å². The number of nitrogens with one attached hydrogen (secondary N) is 1. The molecular formula is C21H18BrClN2O3S. The molecule has 0 heterocycles. The van der Waals surface area contributed by atoms with E-state index < -0.39 is 22.5 Å². The molecule has 0 aliphatic carbocycles. The minimum absolute atomic E-state index is 0.0898. The van der Waals surface area contributed by atoms with Crippen molar-refractivity contribution >= 4 is 54.8 Å². The van der Waals surface area contributed by atoms with Gasteiger partial charge in [0.05, 0.1) is 10.6 Å². The van der Waals surface area contributed by atoms with Gasteiger partial charge in [-0.25, -0.2) is 8.42 Å². The Hall–Kier alpha value is -2.35. The van der Waals surface area contributed by atoms with E-state index in [1.807, 2.05) is 13.0 Å². The van der Waals surface area contributed by atoms with Gasteiger partial charge >= 0.3 is 0 Å². The first-order chi connectivity index (χ1) is 13.8. The van der Waals surface area contributed by atoms with Crippen LogP contribution in [0.2, 0.25) is 5.02 Å². The molecule has 3 aromatic rings. The minimum atomic E-state index is -3.97. The van der Waals surface area contributed by atoms with Crippen molar-refractivity contribution in [3.63, 3.8) is 0 Å². The normalized spacial score (nSPS) is 11.1. The van der Waals surface area contributed by atoms with Crippen molar-refractivity contribution < 1.29 is 13.2 Å². The maximum atomic E-state index is 13.3. The zero-order chi connectivity index (χ0) is 21.0. The Morgan fingerprint density at radius 1 is 1.03 bits per heavy atom. The first-order valence-corrected chi connectivity index (χ1v) is 11.3. The molecule has 0 atom stereocenters. The second kappa shape index (κ2) is 8.98. The van der Waals surface area contributed by atoms with E-state index in [2.05, 4.69) is 21.2 Å². The van der Waals surface area contributed by atoms with Gasteiger partial charge in [-0.15, -0.1) is 0 Å². The molecule has 0 aliphatic heterocycles. The lowest BCUT2D eigenvalue weighted by Gasteiger charge is -2.24. The summed E-state index contributed by atoms with van der Waals surface area (Å²) in [4.78, 5) is 12.8. The third-order valence-electron chi connectivity index (χ3n) is 4.17. The number of carbonyl (C=O) groups excluding carboxylic acids is 1. The van der Waals surface area contributed by atoms with Gasteiger partial charge in [-0.1, -0.05) is 57.9 Å². The molecule has 0 radical (unpaired) electrons. The van der Waals surface area contributed by atoms with E-state index in [1.54, 1.807) is 54.6 Å². The predicted octanol–water partition coefficient (Wildman–Crippen LogP) is 5.24. The molecule has 0 aliphatic rings. The lowest BCUT2D eigenvalue weighted by Crippen LogP contribution is -2.38. The van der Waals surface area contributed by atoms with Crippen LogP contribution in [0.1, 0.15) is 5.56 Å². The average molecular weight is 494 g/mol. The van der Waals surface area contributed by atoms with Crippen LogP contribution < -0.4 is 9.62 Å². The number of aryl methyl sites for hydroxylation is 1. The van der Waals surface area contributed by atoms with Crippen LogP contribution in [0.25, 0.3) is 0 Å². The molecule has 150 valence electrons. The number of anilines is 2. The quantitative estimate of drug-likeness (QED) is 0.510. The Bertz CT molecular complexity index is 1140. The lowest BCUT2D eigenvalue weighted by atomic mass is 10.2. The summed E-state index contributed by atoms with van der Waals surface area (Å²) < 4.78 is 28.4. The highest BCUT2D eigenvalue weighted by Gasteiger charge is 2.27. The largest absolute Gasteiger partial charge is 0.324 e. The summed E-state index contributed by atoms with van der Waals surface area (Å²) in [7, 11) is -3.97. The molecule has 29 heavy (non-hydrogen) atoms. The molecular weight excluding hydrogens is 476 g/mol. The SMILES string of the molecule is Cc1ccc(N(CC(=O)Nc2cccc(Br)c2)S(=O)(=O)c2ccccc2)cc1Cl. The van der Waals surface area contributed by atoms with Crippen LogP contribution in [0.3, 0.4) is 0 Å². The van der Waals surface area contributed by atoms with Crippen LogP contribution in [0, 0.1) is 6.92 Å². The molecule has 5 nitrogen and oxygen atoms in total. The van der Waals surface area contributed by atoms with E-state index in [9.17, 15) is 13.2 Å². The molecule has 0 unspecified atom stereocenters. The van der Waals surface area contributed by atoms with E-state index in [0.717, 1.165) is 14.3 Å². The number of hydrogen-bond acceptors (Lipinski definition) is 3. The number of hydrogen-bond donors (Lipinski definition) is 1. The molecule has 1 amide bonds. The first kappa shape index (κ1) is 21.4. The monoisotopic (exact) mass is 492 g/mol. The summed E-state index contributed by atoms with van der Waals surface area (Å²) in [5.74, 6) is -0.473. The number of benzene rings is 3. The standard InChI is InChI=1S/C21H18BrClN2O3S/c1-15-10-11-18(13-20(15)23)25(29(27,28)19-8-3-2-4-9-19)14-21(26)24-17-7-5-6-16(22)12-17/h2-13H,14H2,1H3,(H,24,26). The van der Waals surface area contributed by atoms with Gasteiger partial charge in [-0.2, -0.15) is 0 Å². The number of sulfonamides is 1. The van der Waals surface area contributed by atoms with Crippen molar-refractivity contribution in [1.29, 1.82) is 0 Å². The minimum Gasteiger partial charge on any atom is -0.324 e. The highest BCUT2D eigenvalue weighted by molar-refractivity contribution is 9.10. The van der Waals surface area contributed by atoms with Gasteiger partial charge in [0.1, 0.15) is 6.54 Å². The van der Waals surface area contributed by atoms with Crippen LogP contribution in [-0.4, -0.2) is 20.9 Å². The van der Waals surface area contributed by atoms with E-state index in [-0.39, 0.29) is 4.90 Å². The van der Waals surface area contributed by atoms with Crippen LogP contribution in [0.15, 0.2) is 82.2 Å². The smallest absolute Gasteiger partial charge is 0.264 e. The van der Waals surface area contributed by atoms with Gasteiger partial charge < -0.3 is 5.32 Å². The molecule has 3 rings (SSSR count). The summed E-state index contributed by atoms with van der Waals surface area (Å²) in [5.41, 5.74) is 1.68. The third kappa shape index (κ3) is 5.18. The topological polar surface area (TPSA) is 66.5 Å². The first-order valence-electron chi connectivity index (χ1n) is 8.67. The van der Waals surface area contributed by atoms with Gasteiger partial charge in [0.2, 0.25) is 5.91 Å². The number of rotatable bonds is 6. The maximum Gasteiger partial charge on any atom is 0.264 e. The van der Waals surface area contributed by atoms with Crippen molar-refractivity contribution in [1.82, 2.24) is 0 Å². The van der Waals surface area contributed by atoms with Crippen LogP contribution in [0.5, 0.6) is 0 Å². The molecule has 1 N–H and O–H groups in total. The zero-order valence-electron chi connectivity index (χ0n) is 15.5. The summed E-state index contributed by atoms with van der Waals surface area (Å²) in [5, 5.41) is 3.14. The lowest BCUT2D eigenvalue weighted by molar-refractivity contribution is -0.114. The van der Waals surface area contributed by atoms with Gasteiger partial charge in [-0.3, -0.25) is 9.10 Å². The van der Waals surface area contributed by atoms with E-state index >= 15 is 0 Å². The Morgan fingerprint density at radius 3 is 2.41 bits per heavy atom. The summed E-state index contributed by atoms with van der Waals surface area (Å²) in [6, 6.07) is 19.9. The van der Waals surface area contributed by atoms with Crippen molar-refractivity contribution in [2.24, 2.45) is 0 Å². The summed E-state index contributed by atoms with van der Waals surface area (Å²) >= 11 is 9.55. The highest BCUT2D eigenvalue weighted by Crippen LogP contribution is 2.28. The van der Waals surface area contributed by atoms with Gasteiger partial charge in [0.25, 0.3) is 10.0 Å². The zero-order valence-corrected chi connectivity index (χ0v) is 18.6. The van der Waals surface area contributed by atoms with Gasteiger partial charge in [-0.05, 0) is 55.0 Å². The van der Waals surface area contributed by atoms with Gasteiger partial charge in [0.15, 0.2) is 0 Å². The predicted molar refractivity (Wildman–Crippen MR) is 120 cm³/mol. The Kier molecular flexibility index (Phi) is 6.62. The van der Waals surface area contributed by atoms with Crippen molar-refractivity contribution in [2.45, 2.75) is 11.8 Å². The highest BCUT2D eigenvalue weighted by atomic mass is 79.9. The van der Waals surface area contributed by atoms with Crippen LogP contribution >= 0.6 is 27.5 Å². The molecule has 0 saturated heterocycles. The molecule has 0 bridgehead atoms. The number of nitrogens with zero attached hydrogens (tertiary/aromatic N) is 1. The van der Waals surface area contributed by atoms with E-state index in [1.165, 1.54) is 12.1 Å². The van der Waals surface area contributed by atoms with Crippen molar-refractivity contribution in [3.05, 3.63) is 87.9 Å². The second-order valence-corrected chi connectivity index (χ2v) is 9.50. The number of halogens is 2. The van der Waals surface area contributed by atoms with E-state index in [4.69, 9.17) is 11.6 Å². The molecule has 3 aromatic carbocycles. The van der Waals surface area contributed by atoms with E-state index in [0.29, 0.717) is 16.4 Å². The molecule has 0 aromatic heterocycles.